The van der Waals surface area contributed by atoms with E-state index >= 15 is 0 Å². The van der Waals surface area contributed by atoms with Crippen LogP contribution in [0.5, 0.6) is 0 Å². The van der Waals surface area contributed by atoms with E-state index in [0.29, 0.717) is 24.9 Å². The molecule has 0 bridgehead atoms. The van der Waals surface area contributed by atoms with E-state index < -0.39 is 0 Å². The molecule has 1 unspecified atom stereocenters. The second-order valence-electron chi connectivity index (χ2n) is 6.79. The minimum atomic E-state index is 0. The van der Waals surface area contributed by atoms with Crippen molar-refractivity contribution < 1.29 is 14.3 Å². The van der Waals surface area contributed by atoms with Gasteiger partial charge >= 0.3 is 0 Å². The predicted molar refractivity (Wildman–Crippen MR) is 114 cm³/mol. The molecule has 2 rings (SSSR count). The number of hydrogen-bond acceptors (Lipinski definition) is 4. The zero-order chi connectivity index (χ0) is 17.7. The highest BCUT2D eigenvalue weighted by molar-refractivity contribution is 14.0. The third-order valence-corrected chi connectivity index (χ3v) is 4.25. The summed E-state index contributed by atoms with van der Waals surface area (Å²) in [4.78, 5) is 16.1. The molecule has 0 spiro atoms. The Morgan fingerprint density at radius 3 is 2.77 bits per heavy atom. The van der Waals surface area contributed by atoms with Crippen LogP contribution in [0.2, 0.25) is 0 Å². The van der Waals surface area contributed by atoms with Gasteiger partial charge in [0.05, 0.1) is 13.2 Å². The van der Waals surface area contributed by atoms with Crippen molar-refractivity contribution in [1.82, 2.24) is 16.0 Å². The van der Waals surface area contributed by atoms with Crippen LogP contribution < -0.4 is 16.0 Å². The second kappa shape index (κ2) is 14.4. The number of hydrogen-bond donors (Lipinski definition) is 3. The second-order valence-corrected chi connectivity index (χ2v) is 6.79. The summed E-state index contributed by atoms with van der Waals surface area (Å²) in [5, 5.41) is 9.54. The fourth-order valence-corrected chi connectivity index (χ4v) is 2.65. The number of amides is 1. The van der Waals surface area contributed by atoms with Crippen LogP contribution in [0.3, 0.4) is 0 Å². The van der Waals surface area contributed by atoms with Gasteiger partial charge in [-0.2, -0.15) is 0 Å². The molecule has 1 heterocycles. The first-order chi connectivity index (χ1) is 12.3. The largest absolute Gasteiger partial charge is 0.381 e. The average molecular weight is 482 g/mol. The highest BCUT2D eigenvalue weighted by Crippen LogP contribution is 2.18. The average Bonchev–Trinajstić information content (AvgIpc) is 3.25. The van der Waals surface area contributed by atoms with Crippen LogP contribution in [-0.4, -0.2) is 64.0 Å². The van der Waals surface area contributed by atoms with Crippen LogP contribution in [0.25, 0.3) is 0 Å². The summed E-state index contributed by atoms with van der Waals surface area (Å²) in [6.45, 7) is 7.63. The van der Waals surface area contributed by atoms with Gasteiger partial charge in [-0.1, -0.05) is 0 Å². The van der Waals surface area contributed by atoms with Crippen LogP contribution in [0.1, 0.15) is 45.4 Å². The monoisotopic (exact) mass is 482 g/mol. The Kier molecular flexibility index (Phi) is 13.0. The molecular formula is C18H35IN4O3. The quantitative estimate of drug-likeness (QED) is 0.171. The van der Waals surface area contributed by atoms with Gasteiger partial charge < -0.3 is 25.4 Å². The van der Waals surface area contributed by atoms with Crippen LogP contribution in [-0.2, 0) is 14.3 Å². The van der Waals surface area contributed by atoms with Crippen molar-refractivity contribution in [1.29, 1.82) is 0 Å². The van der Waals surface area contributed by atoms with Gasteiger partial charge in [-0.3, -0.25) is 9.79 Å². The Morgan fingerprint density at radius 2 is 2.08 bits per heavy atom. The Labute approximate surface area is 174 Å². The van der Waals surface area contributed by atoms with E-state index in [-0.39, 0.29) is 29.9 Å². The van der Waals surface area contributed by atoms with Crippen LogP contribution in [0.15, 0.2) is 4.99 Å². The molecule has 7 nitrogen and oxygen atoms in total. The van der Waals surface area contributed by atoms with E-state index in [2.05, 4.69) is 20.9 Å². The maximum absolute atomic E-state index is 11.6. The number of carbonyl (C=O) groups excluding carboxylic acids is 1. The van der Waals surface area contributed by atoms with Gasteiger partial charge in [0.1, 0.15) is 0 Å². The maximum Gasteiger partial charge on any atom is 0.220 e. The molecule has 1 aliphatic carbocycles. The smallest absolute Gasteiger partial charge is 0.220 e. The van der Waals surface area contributed by atoms with Crippen molar-refractivity contribution >= 4 is 35.8 Å². The first-order valence-corrected chi connectivity index (χ1v) is 9.75. The lowest BCUT2D eigenvalue weighted by Gasteiger charge is -2.12. The first-order valence-electron chi connectivity index (χ1n) is 9.75. The van der Waals surface area contributed by atoms with Crippen LogP contribution >= 0.6 is 24.0 Å². The Hall–Kier alpha value is -0.610. The van der Waals surface area contributed by atoms with Crippen molar-refractivity contribution in [2.45, 2.75) is 51.5 Å². The van der Waals surface area contributed by atoms with Crippen molar-refractivity contribution in [2.75, 3.05) is 46.1 Å². The molecule has 0 radical (unpaired) electrons. The van der Waals surface area contributed by atoms with Gasteiger partial charge in [0.15, 0.2) is 5.96 Å². The molecule has 1 atom stereocenters. The Bertz CT molecular complexity index is 413. The predicted octanol–water partition coefficient (Wildman–Crippen LogP) is 1.66. The van der Waals surface area contributed by atoms with Crippen LogP contribution in [0.4, 0.5) is 0 Å². The number of aliphatic imine (C=N–C) groups is 1. The number of ether oxygens (including phenoxy) is 2. The number of carbonyl (C=O) groups is 1. The zero-order valence-corrected chi connectivity index (χ0v) is 18.3. The van der Waals surface area contributed by atoms with Crippen LogP contribution in [0, 0.1) is 5.92 Å². The van der Waals surface area contributed by atoms with Gasteiger partial charge in [-0.15, -0.1) is 24.0 Å². The summed E-state index contributed by atoms with van der Waals surface area (Å²) in [5.41, 5.74) is 0. The summed E-state index contributed by atoms with van der Waals surface area (Å²) < 4.78 is 11.0. The van der Waals surface area contributed by atoms with E-state index in [9.17, 15) is 4.79 Å². The van der Waals surface area contributed by atoms with Crippen molar-refractivity contribution in [3.05, 3.63) is 0 Å². The van der Waals surface area contributed by atoms with Gasteiger partial charge in [-0.05, 0) is 39.0 Å². The minimum Gasteiger partial charge on any atom is -0.381 e. The van der Waals surface area contributed by atoms with E-state index in [4.69, 9.17) is 9.47 Å². The van der Waals surface area contributed by atoms with Gasteiger partial charge in [0, 0.05) is 51.2 Å². The SMILES string of the molecule is CCNC(=NCCCC(=O)NC1CC1)NCCCOCC1CCOC1.I. The fraction of sp³-hybridized carbons (Fsp3) is 0.889. The summed E-state index contributed by atoms with van der Waals surface area (Å²) in [6.07, 6.45) is 5.67. The topological polar surface area (TPSA) is 84.0 Å². The number of nitrogens with one attached hydrogen (secondary N) is 3. The highest BCUT2D eigenvalue weighted by Gasteiger charge is 2.22. The van der Waals surface area contributed by atoms with Crippen molar-refractivity contribution in [3.63, 3.8) is 0 Å². The van der Waals surface area contributed by atoms with Gasteiger partial charge in [0.25, 0.3) is 0 Å². The molecule has 8 heteroatoms. The molecule has 1 aliphatic heterocycles. The van der Waals surface area contributed by atoms with Crippen molar-refractivity contribution in [2.24, 2.45) is 10.9 Å². The van der Waals surface area contributed by atoms with E-state index in [1.54, 1.807) is 0 Å². The molecule has 2 aliphatic rings. The lowest BCUT2D eigenvalue weighted by atomic mass is 10.1. The zero-order valence-electron chi connectivity index (χ0n) is 15.9. The third kappa shape index (κ3) is 11.2. The number of guanidine groups is 1. The molecule has 1 saturated heterocycles. The number of rotatable bonds is 12. The standard InChI is InChI=1S/C18H34N4O3.HI/c1-2-19-18(20-9-3-5-17(23)22-16-6-7-16)21-10-4-11-24-13-15-8-12-25-14-15;/h15-16H,2-14H2,1H3,(H,22,23)(H2,19,20,21);1H. The maximum atomic E-state index is 11.6. The van der Waals surface area contributed by atoms with E-state index in [1.807, 2.05) is 6.92 Å². The first kappa shape index (κ1) is 23.4. The Morgan fingerprint density at radius 1 is 1.23 bits per heavy atom. The minimum absolute atomic E-state index is 0. The highest BCUT2D eigenvalue weighted by atomic mass is 127. The molecule has 0 aromatic rings. The summed E-state index contributed by atoms with van der Waals surface area (Å²) in [7, 11) is 0. The Balaban J connectivity index is 0.00000338. The summed E-state index contributed by atoms with van der Waals surface area (Å²) in [5.74, 6) is 1.54. The molecule has 0 aromatic heterocycles. The van der Waals surface area contributed by atoms with Gasteiger partial charge in [0.2, 0.25) is 5.91 Å². The summed E-state index contributed by atoms with van der Waals surface area (Å²) >= 11 is 0. The molecule has 152 valence electrons. The normalized spacial score (nSPS) is 19.7. The number of nitrogens with zero attached hydrogens (tertiary/aromatic N) is 1. The molecule has 2 fully saturated rings. The third-order valence-electron chi connectivity index (χ3n) is 4.25. The van der Waals surface area contributed by atoms with E-state index in [1.165, 1.54) is 0 Å². The fourth-order valence-electron chi connectivity index (χ4n) is 2.65. The molecule has 3 N–H and O–H groups in total. The summed E-state index contributed by atoms with van der Waals surface area (Å²) in [6, 6.07) is 0.443. The lowest BCUT2D eigenvalue weighted by Crippen LogP contribution is -2.38. The lowest BCUT2D eigenvalue weighted by molar-refractivity contribution is -0.121. The van der Waals surface area contributed by atoms with E-state index in [0.717, 1.165) is 77.6 Å². The van der Waals surface area contributed by atoms with Crippen molar-refractivity contribution in [3.8, 4) is 0 Å². The molecule has 0 aromatic carbocycles. The molecule has 1 amide bonds. The number of halogens is 1. The molecular weight excluding hydrogens is 447 g/mol. The molecule has 26 heavy (non-hydrogen) atoms. The van der Waals surface area contributed by atoms with Gasteiger partial charge in [-0.25, -0.2) is 0 Å². The molecule has 1 saturated carbocycles.